The molecular weight excluding hydrogens is 199 g/mol. The van der Waals surface area contributed by atoms with Gasteiger partial charge in [0.25, 0.3) is 0 Å². The average Bonchev–Trinajstić information content (AvgIpc) is 2.63. The van der Waals surface area contributed by atoms with Gasteiger partial charge in [-0.2, -0.15) is 23.4 Å². The molecule has 0 saturated carbocycles. The van der Waals surface area contributed by atoms with Crippen LogP contribution in [0.4, 0.5) is 13.2 Å². The number of nitrogens with zero attached hydrogens (tertiary/aromatic N) is 3. The normalized spacial score (nSPS) is 24.7. The van der Waals surface area contributed by atoms with Crippen LogP contribution in [-0.4, -0.2) is 35.7 Å². The van der Waals surface area contributed by atoms with Crippen molar-refractivity contribution in [2.75, 3.05) is 13.1 Å². The Kier molecular flexibility index (Phi) is 1.65. The summed E-state index contributed by atoms with van der Waals surface area (Å²) in [6.07, 6.45) is -4.76. The molecule has 7 heteroatoms. The van der Waals surface area contributed by atoms with Crippen molar-refractivity contribution in [2.24, 2.45) is 16.1 Å². The number of rotatable bonds is 1. The largest absolute Gasteiger partial charge is 0.471 e. The van der Waals surface area contributed by atoms with Crippen molar-refractivity contribution in [3.05, 3.63) is 0 Å². The lowest BCUT2D eigenvalue weighted by Crippen LogP contribution is -2.58. The molecular formula is C7H8F3N3O. The minimum absolute atomic E-state index is 0.0474. The molecule has 0 aromatic carbocycles. The maximum atomic E-state index is 11.9. The van der Waals surface area contributed by atoms with Crippen LogP contribution in [0.5, 0.6) is 0 Å². The molecule has 2 heterocycles. The summed E-state index contributed by atoms with van der Waals surface area (Å²) in [5, 5.41) is 7.44. The second-order valence-electron chi connectivity index (χ2n) is 3.70. The number of alkyl halides is 3. The molecule has 1 fully saturated rings. The molecule has 0 bridgehead atoms. The van der Waals surface area contributed by atoms with Gasteiger partial charge in [0.2, 0.25) is 0 Å². The van der Waals surface area contributed by atoms with Crippen molar-refractivity contribution in [3.63, 3.8) is 0 Å². The van der Waals surface area contributed by atoms with Gasteiger partial charge >= 0.3 is 12.1 Å². The fourth-order valence-corrected chi connectivity index (χ4v) is 1.41. The van der Waals surface area contributed by atoms with Gasteiger partial charge in [0.05, 0.1) is 0 Å². The monoisotopic (exact) mass is 207 g/mol. The first kappa shape index (κ1) is 9.42. The van der Waals surface area contributed by atoms with E-state index in [0.29, 0.717) is 0 Å². The van der Waals surface area contributed by atoms with E-state index in [-0.39, 0.29) is 19.0 Å². The van der Waals surface area contributed by atoms with E-state index in [2.05, 4.69) is 10.2 Å². The molecule has 0 aliphatic carbocycles. The molecule has 0 aromatic heterocycles. The van der Waals surface area contributed by atoms with E-state index in [1.807, 2.05) is 0 Å². The van der Waals surface area contributed by atoms with Gasteiger partial charge in [0.15, 0.2) is 5.66 Å². The van der Waals surface area contributed by atoms with Crippen LogP contribution in [0.2, 0.25) is 0 Å². The lowest BCUT2D eigenvalue weighted by molar-refractivity contribution is -0.192. The number of carbonyl (C=O) groups excluding carboxylic acids is 1. The highest BCUT2D eigenvalue weighted by Gasteiger charge is 2.54. The Labute approximate surface area is 77.8 Å². The fourth-order valence-electron chi connectivity index (χ4n) is 1.41. The number of likely N-dealkylation sites (tertiary alicyclic amines) is 1. The van der Waals surface area contributed by atoms with Crippen molar-refractivity contribution in [3.8, 4) is 0 Å². The molecule has 14 heavy (non-hydrogen) atoms. The van der Waals surface area contributed by atoms with Crippen LogP contribution in [0, 0.1) is 5.92 Å². The summed E-state index contributed by atoms with van der Waals surface area (Å²) >= 11 is 0. The smallest absolute Gasteiger partial charge is 0.334 e. The third kappa shape index (κ3) is 1.36. The molecule has 2 aliphatic heterocycles. The Morgan fingerprint density at radius 3 is 2.29 bits per heavy atom. The highest BCUT2D eigenvalue weighted by Crippen LogP contribution is 2.41. The van der Waals surface area contributed by atoms with E-state index in [1.165, 1.54) is 0 Å². The topological polar surface area (TPSA) is 45.0 Å². The lowest BCUT2D eigenvalue weighted by Gasteiger charge is -2.40. The second-order valence-corrected chi connectivity index (χ2v) is 3.70. The first-order valence-electron chi connectivity index (χ1n) is 4.13. The number of carbonyl (C=O) groups is 1. The summed E-state index contributed by atoms with van der Waals surface area (Å²) in [6, 6.07) is 0. The lowest BCUT2D eigenvalue weighted by atomic mass is 9.90. The zero-order chi connectivity index (χ0) is 10.6. The van der Waals surface area contributed by atoms with Gasteiger partial charge in [-0.3, -0.25) is 4.79 Å². The molecule has 0 radical (unpaired) electrons. The van der Waals surface area contributed by atoms with Crippen LogP contribution in [0.1, 0.15) is 6.92 Å². The van der Waals surface area contributed by atoms with Crippen molar-refractivity contribution in [1.29, 1.82) is 0 Å². The minimum Gasteiger partial charge on any atom is -0.334 e. The van der Waals surface area contributed by atoms with Crippen LogP contribution >= 0.6 is 0 Å². The van der Waals surface area contributed by atoms with Crippen molar-refractivity contribution in [1.82, 2.24) is 4.90 Å². The predicted molar refractivity (Wildman–Crippen MR) is 39.4 cm³/mol. The van der Waals surface area contributed by atoms with Crippen LogP contribution in [0.3, 0.4) is 0 Å². The van der Waals surface area contributed by atoms with Crippen molar-refractivity contribution < 1.29 is 18.0 Å². The SMILES string of the molecule is CC1(C2CN(C(=O)C(F)(F)F)C2)N=N1. The molecule has 0 spiro atoms. The standard InChI is InChI=1S/C7H8F3N3O/c1-6(11-12-6)4-2-13(3-4)5(14)7(8,9)10/h4H,2-3H2,1H3. The Balaban J connectivity index is 1.86. The number of halogens is 3. The van der Waals surface area contributed by atoms with Gasteiger partial charge in [-0.05, 0) is 6.92 Å². The Morgan fingerprint density at radius 2 is 1.93 bits per heavy atom. The molecule has 2 aliphatic rings. The number of amides is 1. The summed E-state index contributed by atoms with van der Waals surface area (Å²) < 4.78 is 35.8. The van der Waals surface area contributed by atoms with Crippen molar-refractivity contribution in [2.45, 2.75) is 18.8 Å². The van der Waals surface area contributed by atoms with Crippen LogP contribution < -0.4 is 0 Å². The van der Waals surface area contributed by atoms with Gasteiger partial charge in [-0.25, -0.2) is 0 Å². The molecule has 1 saturated heterocycles. The van der Waals surface area contributed by atoms with Gasteiger partial charge in [-0.1, -0.05) is 0 Å². The molecule has 1 amide bonds. The van der Waals surface area contributed by atoms with E-state index >= 15 is 0 Å². The molecule has 4 nitrogen and oxygen atoms in total. The quantitative estimate of drug-likeness (QED) is 0.636. The van der Waals surface area contributed by atoms with Gasteiger partial charge < -0.3 is 4.90 Å². The zero-order valence-corrected chi connectivity index (χ0v) is 7.38. The maximum Gasteiger partial charge on any atom is 0.471 e. The fraction of sp³-hybridized carbons (Fsp3) is 0.857. The summed E-state index contributed by atoms with van der Waals surface area (Å²) in [6.45, 7) is 1.94. The average molecular weight is 207 g/mol. The van der Waals surface area contributed by atoms with Crippen LogP contribution in [-0.2, 0) is 4.79 Å². The Bertz CT molecular complexity index is 300. The zero-order valence-electron chi connectivity index (χ0n) is 7.38. The van der Waals surface area contributed by atoms with E-state index in [4.69, 9.17) is 0 Å². The number of hydrogen-bond acceptors (Lipinski definition) is 3. The third-order valence-electron chi connectivity index (χ3n) is 2.60. The summed E-state index contributed by atoms with van der Waals surface area (Å²) in [5.74, 6) is -1.81. The van der Waals surface area contributed by atoms with E-state index in [0.717, 1.165) is 4.90 Å². The molecule has 0 unspecified atom stereocenters. The van der Waals surface area contributed by atoms with E-state index in [9.17, 15) is 18.0 Å². The van der Waals surface area contributed by atoms with Gasteiger partial charge in [-0.15, -0.1) is 0 Å². The second kappa shape index (κ2) is 2.46. The molecule has 0 N–H and O–H groups in total. The molecule has 78 valence electrons. The Morgan fingerprint density at radius 1 is 1.43 bits per heavy atom. The van der Waals surface area contributed by atoms with Crippen LogP contribution in [0.25, 0.3) is 0 Å². The highest BCUT2D eigenvalue weighted by atomic mass is 19.4. The summed E-state index contributed by atoms with van der Waals surface area (Å²) in [7, 11) is 0. The highest BCUT2D eigenvalue weighted by molar-refractivity contribution is 5.82. The predicted octanol–water partition coefficient (Wildman–Crippen LogP) is 1.19. The first-order valence-corrected chi connectivity index (χ1v) is 4.13. The van der Waals surface area contributed by atoms with Crippen molar-refractivity contribution >= 4 is 5.91 Å². The molecule has 0 atom stereocenters. The van der Waals surface area contributed by atoms with Crippen LogP contribution in [0.15, 0.2) is 10.2 Å². The Hall–Kier alpha value is -1.14. The number of hydrogen-bond donors (Lipinski definition) is 0. The molecule has 0 aromatic rings. The first-order chi connectivity index (χ1) is 6.33. The maximum absolute atomic E-state index is 11.9. The minimum atomic E-state index is -4.76. The molecule has 2 rings (SSSR count). The third-order valence-corrected chi connectivity index (χ3v) is 2.60. The van der Waals surface area contributed by atoms with Gasteiger partial charge in [0, 0.05) is 19.0 Å². The summed E-state index contributed by atoms with van der Waals surface area (Å²) in [5.41, 5.74) is -0.525. The summed E-state index contributed by atoms with van der Waals surface area (Å²) in [4.78, 5) is 11.5. The van der Waals surface area contributed by atoms with E-state index < -0.39 is 17.7 Å². The van der Waals surface area contributed by atoms with Gasteiger partial charge in [0.1, 0.15) is 0 Å². The van der Waals surface area contributed by atoms with E-state index in [1.54, 1.807) is 6.92 Å².